The molecule has 0 unspecified atom stereocenters. The number of esters is 1. The molecule has 3 rings (SSSR count). The molecular formula is C20H19NO4. The topological polar surface area (TPSA) is 57.1 Å². The van der Waals surface area contributed by atoms with Crippen LogP contribution >= 0.6 is 0 Å². The van der Waals surface area contributed by atoms with Crippen molar-refractivity contribution in [2.24, 2.45) is 4.99 Å². The lowest BCUT2D eigenvalue weighted by Gasteiger charge is -2.09. The minimum atomic E-state index is -0.487. The van der Waals surface area contributed by atoms with Crippen LogP contribution in [-0.2, 0) is 9.53 Å². The summed E-state index contributed by atoms with van der Waals surface area (Å²) in [7, 11) is 3.12. The third-order valence-electron chi connectivity index (χ3n) is 3.81. The molecule has 0 atom stereocenters. The fraction of sp³-hybridized carbons (Fsp3) is 0.200. The maximum Gasteiger partial charge on any atom is 0.363 e. The molecule has 0 saturated heterocycles. The summed E-state index contributed by atoms with van der Waals surface area (Å²) < 4.78 is 16.0. The van der Waals surface area contributed by atoms with Gasteiger partial charge < -0.3 is 14.2 Å². The Bertz CT molecular complexity index is 876. The van der Waals surface area contributed by atoms with Crippen LogP contribution in [-0.4, -0.2) is 26.1 Å². The summed E-state index contributed by atoms with van der Waals surface area (Å²) >= 11 is 0. The van der Waals surface area contributed by atoms with Crippen LogP contribution in [0, 0.1) is 13.8 Å². The molecule has 0 saturated carbocycles. The molecule has 0 N–H and O–H groups in total. The Balaban J connectivity index is 2.02. The molecule has 2 aromatic rings. The molecule has 0 radical (unpaired) electrons. The quantitative estimate of drug-likeness (QED) is 0.631. The summed E-state index contributed by atoms with van der Waals surface area (Å²) in [6.07, 6.45) is 1.64. The number of carbonyl (C=O) groups excluding carboxylic acids is 1. The van der Waals surface area contributed by atoms with Gasteiger partial charge in [0, 0.05) is 11.1 Å². The van der Waals surface area contributed by atoms with Crippen molar-refractivity contribution in [3.8, 4) is 11.5 Å². The van der Waals surface area contributed by atoms with Crippen molar-refractivity contribution in [2.45, 2.75) is 13.8 Å². The molecular weight excluding hydrogens is 318 g/mol. The lowest BCUT2D eigenvalue weighted by Crippen LogP contribution is -2.06. The molecule has 5 nitrogen and oxygen atoms in total. The minimum absolute atomic E-state index is 0.223. The van der Waals surface area contributed by atoms with E-state index >= 15 is 0 Å². The number of hydrogen-bond acceptors (Lipinski definition) is 5. The summed E-state index contributed by atoms with van der Waals surface area (Å²) in [4.78, 5) is 16.6. The third-order valence-corrected chi connectivity index (χ3v) is 3.81. The van der Waals surface area contributed by atoms with Gasteiger partial charge in [0.15, 0.2) is 17.2 Å². The lowest BCUT2D eigenvalue weighted by molar-refractivity contribution is -0.129. The van der Waals surface area contributed by atoms with E-state index in [0.717, 1.165) is 16.7 Å². The van der Waals surface area contributed by atoms with E-state index in [1.165, 1.54) is 0 Å². The van der Waals surface area contributed by atoms with Gasteiger partial charge in [0.25, 0.3) is 0 Å². The number of nitrogens with zero attached hydrogens (tertiary/aromatic N) is 1. The predicted octanol–water partition coefficient (Wildman–Crippen LogP) is 3.67. The normalized spacial score (nSPS) is 15.1. The van der Waals surface area contributed by atoms with Crippen LogP contribution in [0.3, 0.4) is 0 Å². The van der Waals surface area contributed by atoms with Gasteiger partial charge >= 0.3 is 5.97 Å². The van der Waals surface area contributed by atoms with E-state index in [1.807, 2.05) is 38.1 Å². The average Bonchev–Trinajstić information content (AvgIpc) is 2.94. The first kappa shape index (κ1) is 16.8. The number of rotatable bonds is 4. The second-order valence-corrected chi connectivity index (χ2v) is 5.80. The van der Waals surface area contributed by atoms with Gasteiger partial charge in [-0.25, -0.2) is 9.79 Å². The fourth-order valence-electron chi connectivity index (χ4n) is 2.80. The first-order chi connectivity index (χ1) is 12.0. The molecule has 2 aromatic carbocycles. The lowest BCUT2D eigenvalue weighted by atomic mass is 10.1. The molecule has 1 aliphatic rings. The zero-order valence-corrected chi connectivity index (χ0v) is 14.6. The SMILES string of the molecule is COc1cccc(/C=C2\N=C(c3cc(C)cc(C)c3)OC2=O)c1OC. The summed E-state index contributed by atoms with van der Waals surface area (Å²) in [6.45, 7) is 3.98. The van der Waals surface area contributed by atoms with E-state index in [0.29, 0.717) is 23.0 Å². The van der Waals surface area contributed by atoms with Crippen LogP contribution in [0.15, 0.2) is 47.1 Å². The third kappa shape index (κ3) is 3.40. The monoisotopic (exact) mass is 337 g/mol. The predicted molar refractivity (Wildman–Crippen MR) is 96.1 cm³/mol. The van der Waals surface area contributed by atoms with Crippen molar-refractivity contribution >= 4 is 17.9 Å². The molecule has 25 heavy (non-hydrogen) atoms. The number of ether oxygens (including phenoxy) is 3. The summed E-state index contributed by atoms with van der Waals surface area (Å²) in [5.74, 6) is 0.950. The van der Waals surface area contributed by atoms with Crippen molar-refractivity contribution < 1.29 is 19.0 Å². The van der Waals surface area contributed by atoms with E-state index in [9.17, 15) is 4.79 Å². The van der Waals surface area contributed by atoms with Crippen LogP contribution < -0.4 is 9.47 Å². The van der Waals surface area contributed by atoms with Gasteiger partial charge in [0.2, 0.25) is 5.90 Å². The Morgan fingerprint density at radius 1 is 1.04 bits per heavy atom. The van der Waals surface area contributed by atoms with Gasteiger partial charge in [-0.1, -0.05) is 29.3 Å². The van der Waals surface area contributed by atoms with E-state index in [4.69, 9.17) is 14.2 Å². The Morgan fingerprint density at radius 3 is 2.40 bits per heavy atom. The molecule has 0 fully saturated rings. The van der Waals surface area contributed by atoms with E-state index < -0.39 is 5.97 Å². The number of methoxy groups -OCH3 is 2. The second kappa shape index (κ2) is 6.81. The van der Waals surface area contributed by atoms with E-state index in [1.54, 1.807) is 26.4 Å². The summed E-state index contributed by atoms with van der Waals surface area (Å²) in [5, 5.41) is 0. The molecule has 1 aliphatic heterocycles. The first-order valence-electron chi connectivity index (χ1n) is 7.84. The molecule has 0 aliphatic carbocycles. The van der Waals surface area contributed by atoms with Gasteiger partial charge in [-0.05, 0) is 38.1 Å². The Morgan fingerprint density at radius 2 is 1.76 bits per heavy atom. The number of aliphatic imine (C=N–C) groups is 1. The van der Waals surface area contributed by atoms with Gasteiger partial charge in [0.1, 0.15) is 0 Å². The van der Waals surface area contributed by atoms with Crippen molar-refractivity contribution in [3.63, 3.8) is 0 Å². The fourth-order valence-corrected chi connectivity index (χ4v) is 2.80. The highest BCUT2D eigenvalue weighted by atomic mass is 16.6. The highest BCUT2D eigenvalue weighted by Gasteiger charge is 2.25. The van der Waals surface area contributed by atoms with Crippen LogP contribution in [0.25, 0.3) is 6.08 Å². The van der Waals surface area contributed by atoms with Crippen LogP contribution in [0.5, 0.6) is 11.5 Å². The molecule has 0 spiro atoms. The van der Waals surface area contributed by atoms with Crippen molar-refractivity contribution in [2.75, 3.05) is 14.2 Å². The molecule has 0 aromatic heterocycles. The summed E-state index contributed by atoms with van der Waals surface area (Å²) in [5.41, 5.74) is 3.87. The van der Waals surface area contributed by atoms with Crippen LogP contribution in [0.2, 0.25) is 0 Å². The Labute approximate surface area is 146 Å². The zero-order chi connectivity index (χ0) is 18.0. The summed E-state index contributed by atoms with van der Waals surface area (Å²) in [6, 6.07) is 11.4. The van der Waals surface area contributed by atoms with E-state index in [-0.39, 0.29) is 5.70 Å². The minimum Gasteiger partial charge on any atom is -0.493 e. The number of carbonyl (C=O) groups is 1. The van der Waals surface area contributed by atoms with Crippen molar-refractivity contribution in [3.05, 3.63) is 64.3 Å². The van der Waals surface area contributed by atoms with E-state index in [2.05, 4.69) is 11.1 Å². The number of para-hydroxylation sites is 1. The van der Waals surface area contributed by atoms with Gasteiger partial charge in [-0.3, -0.25) is 0 Å². The number of hydrogen-bond donors (Lipinski definition) is 0. The molecule has 0 amide bonds. The second-order valence-electron chi connectivity index (χ2n) is 5.80. The van der Waals surface area contributed by atoms with Gasteiger partial charge in [0.05, 0.1) is 14.2 Å². The first-order valence-corrected chi connectivity index (χ1v) is 7.84. The molecule has 1 heterocycles. The molecule has 5 heteroatoms. The number of benzene rings is 2. The average molecular weight is 337 g/mol. The van der Waals surface area contributed by atoms with Gasteiger partial charge in [-0.2, -0.15) is 0 Å². The van der Waals surface area contributed by atoms with Crippen LogP contribution in [0.4, 0.5) is 0 Å². The largest absolute Gasteiger partial charge is 0.493 e. The number of aryl methyl sites for hydroxylation is 2. The maximum atomic E-state index is 12.2. The highest BCUT2D eigenvalue weighted by molar-refractivity contribution is 6.13. The Hall–Kier alpha value is -3.08. The molecule has 128 valence electrons. The Kier molecular flexibility index (Phi) is 4.57. The molecule has 0 bridgehead atoms. The smallest absolute Gasteiger partial charge is 0.363 e. The number of cyclic esters (lactones) is 1. The zero-order valence-electron chi connectivity index (χ0n) is 14.6. The van der Waals surface area contributed by atoms with Gasteiger partial charge in [-0.15, -0.1) is 0 Å². The standard InChI is InChI=1S/C20H19NO4/c1-12-8-13(2)10-15(9-12)19-21-16(20(22)25-19)11-14-6-5-7-17(23-3)18(14)24-4/h5-11H,1-4H3/b16-11-. The van der Waals surface area contributed by atoms with Crippen LogP contribution in [0.1, 0.15) is 22.3 Å². The van der Waals surface area contributed by atoms with Crippen molar-refractivity contribution in [1.29, 1.82) is 0 Å². The maximum absolute atomic E-state index is 12.2. The highest BCUT2D eigenvalue weighted by Crippen LogP contribution is 2.33. The van der Waals surface area contributed by atoms with Crippen molar-refractivity contribution in [1.82, 2.24) is 0 Å².